The molecule has 0 aliphatic carbocycles. The quantitative estimate of drug-likeness (QED) is 0.867. The smallest absolute Gasteiger partial charge is 0.0947 e. The van der Waals surface area contributed by atoms with Gasteiger partial charge in [-0.15, -0.1) is 11.3 Å². The fourth-order valence-electron chi connectivity index (χ4n) is 1.63. The van der Waals surface area contributed by atoms with Crippen molar-refractivity contribution in [3.8, 4) is 0 Å². The molecular weight excluding hydrogens is 220 g/mol. The van der Waals surface area contributed by atoms with Gasteiger partial charge in [-0.3, -0.25) is 4.90 Å². The van der Waals surface area contributed by atoms with Gasteiger partial charge in [-0.1, -0.05) is 0 Å². The van der Waals surface area contributed by atoms with Gasteiger partial charge in [-0.25, -0.2) is 0 Å². The van der Waals surface area contributed by atoms with E-state index in [-0.39, 0.29) is 0 Å². The van der Waals surface area contributed by atoms with Crippen molar-refractivity contribution in [1.29, 1.82) is 0 Å². The molecule has 0 radical (unpaired) electrons. The van der Waals surface area contributed by atoms with Gasteiger partial charge in [0.1, 0.15) is 0 Å². The Hall–Kier alpha value is -1.10. The Bertz CT molecular complexity index is 422. The zero-order valence-electron chi connectivity index (χ0n) is 9.35. The topological polar surface area (TPSA) is 42.4 Å². The van der Waals surface area contributed by atoms with E-state index in [1.165, 1.54) is 15.3 Å². The summed E-state index contributed by atoms with van der Waals surface area (Å²) in [5.41, 5.74) is 6.79. The van der Waals surface area contributed by atoms with Crippen molar-refractivity contribution in [3.05, 3.63) is 46.0 Å². The molecule has 2 rings (SSSR count). The summed E-state index contributed by atoms with van der Waals surface area (Å²) >= 11 is 1.78. The highest BCUT2D eigenvalue weighted by atomic mass is 32.1. The van der Waals surface area contributed by atoms with Crippen LogP contribution in [0.4, 0.5) is 0 Å². The van der Waals surface area contributed by atoms with E-state index in [1.807, 2.05) is 6.07 Å². The van der Waals surface area contributed by atoms with E-state index >= 15 is 0 Å². The molecule has 0 saturated heterocycles. The summed E-state index contributed by atoms with van der Waals surface area (Å²) in [4.78, 5) is 4.86. The molecule has 0 aromatic carbocycles. The molecule has 0 saturated carbocycles. The maximum atomic E-state index is 5.59. The monoisotopic (exact) mass is 236 g/mol. The molecule has 0 atom stereocenters. The standard InChI is InChI=1S/C12H16N2OS/c1-14(7-10-4-5-15-9-10)8-12-3-2-11(6-13)16-12/h2-5,9H,6-8,13H2,1H3. The lowest BCUT2D eigenvalue weighted by atomic mass is 10.3. The van der Waals surface area contributed by atoms with E-state index in [0.717, 1.165) is 13.1 Å². The van der Waals surface area contributed by atoms with Crippen molar-refractivity contribution in [2.75, 3.05) is 7.05 Å². The zero-order valence-corrected chi connectivity index (χ0v) is 10.2. The molecule has 3 nitrogen and oxygen atoms in total. The number of thiophene rings is 1. The van der Waals surface area contributed by atoms with E-state index in [4.69, 9.17) is 10.2 Å². The first-order valence-corrected chi connectivity index (χ1v) is 6.07. The van der Waals surface area contributed by atoms with E-state index < -0.39 is 0 Å². The Morgan fingerprint density at radius 2 is 2.06 bits per heavy atom. The average molecular weight is 236 g/mol. The second-order valence-electron chi connectivity index (χ2n) is 3.88. The number of nitrogens with zero attached hydrogens (tertiary/aromatic N) is 1. The van der Waals surface area contributed by atoms with Crippen LogP contribution in [-0.4, -0.2) is 11.9 Å². The van der Waals surface area contributed by atoms with Crippen LogP contribution < -0.4 is 5.73 Å². The molecule has 2 heterocycles. The van der Waals surface area contributed by atoms with Gasteiger partial charge in [0.05, 0.1) is 12.5 Å². The normalized spacial score (nSPS) is 11.2. The number of rotatable bonds is 5. The molecule has 4 heteroatoms. The molecule has 0 bridgehead atoms. The summed E-state index contributed by atoms with van der Waals surface area (Å²) < 4.78 is 5.05. The van der Waals surface area contributed by atoms with E-state index in [0.29, 0.717) is 6.54 Å². The third-order valence-electron chi connectivity index (χ3n) is 2.38. The fraction of sp³-hybridized carbons (Fsp3) is 0.333. The van der Waals surface area contributed by atoms with Crippen molar-refractivity contribution in [2.24, 2.45) is 5.73 Å². The minimum Gasteiger partial charge on any atom is -0.472 e. The summed E-state index contributed by atoms with van der Waals surface area (Å²) in [7, 11) is 2.11. The predicted molar refractivity (Wildman–Crippen MR) is 66.1 cm³/mol. The van der Waals surface area contributed by atoms with Crippen molar-refractivity contribution < 1.29 is 4.42 Å². The van der Waals surface area contributed by atoms with E-state index in [9.17, 15) is 0 Å². The lowest BCUT2D eigenvalue weighted by molar-refractivity contribution is 0.320. The van der Waals surface area contributed by atoms with Gasteiger partial charge in [-0.05, 0) is 25.2 Å². The number of hydrogen-bond donors (Lipinski definition) is 1. The van der Waals surface area contributed by atoms with Crippen molar-refractivity contribution in [3.63, 3.8) is 0 Å². The molecule has 86 valence electrons. The van der Waals surface area contributed by atoms with Crippen LogP contribution in [0.3, 0.4) is 0 Å². The van der Waals surface area contributed by atoms with Crippen LogP contribution in [0.15, 0.2) is 35.1 Å². The second-order valence-corrected chi connectivity index (χ2v) is 5.13. The second kappa shape index (κ2) is 5.30. The Balaban J connectivity index is 1.89. The van der Waals surface area contributed by atoms with Crippen molar-refractivity contribution >= 4 is 11.3 Å². The number of hydrogen-bond acceptors (Lipinski definition) is 4. The Kier molecular flexibility index (Phi) is 3.77. The van der Waals surface area contributed by atoms with Crippen LogP contribution in [0, 0.1) is 0 Å². The first kappa shape index (κ1) is 11.4. The molecule has 2 N–H and O–H groups in total. The molecule has 0 aliphatic rings. The molecular formula is C12H16N2OS. The highest BCUT2D eigenvalue weighted by molar-refractivity contribution is 7.11. The Labute approximate surface area is 99.5 Å². The molecule has 0 unspecified atom stereocenters. The molecule has 0 amide bonds. The van der Waals surface area contributed by atoms with Gasteiger partial charge in [0.2, 0.25) is 0 Å². The van der Waals surface area contributed by atoms with Crippen LogP contribution >= 0.6 is 11.3 Å². The lowest BCUT2D eigenvalue weighted by Gasteiger charge is -2.13. The lowest BCUT2D eigenvalue weighted by Crippen LogP contribution is -2.15. The van der Waals surface area contributed by atoms with Crippen LogP contribution in [0.1, 0.15) is 15.3 Å². The summed E-state index contributed by atoms with van der Waals surface area (Å²) in [6, 6.07) is 6.25. The Morgan fingerprint density at radius 1 is 1.25 bits per heavy atom. The molecule has 2 aromatic rings. The zero-order chi connectivity index (χ0) is 11.4. The van der Waals surface area contributed by atoms with Gasteiger partial charge < -0.3 is 10.2 Å². The SMILES string of the molecule is CN(Cc1ccoc1)Cc1ccc(CN)s1. The first-order valence-electron chi connectivity index (χ1n) is 5.25. The molecule has 0 spiro atoms. The van der Waals surface area contributed by atoms with Gasteiger partial charge in [-0.2, -0.15) is 0 Å². The number of nitrogens with two attached hydrogens (primary N) is 1. The average Bonchev–Trinajstić information content (AvgIpc) is 2.89. The van der Waals surface area contributed by atoms with Crippen LogP contribution in [0.2, 0.25) is 0 Å². The molecule has 16 heavy (non-hydrogen) atoms. The van der Waals surface area contributed by atoms with Gasteiger partial charge in [0.25, 0.3) is 0 Å². The summed E-state index contributed by atoms with van der Waals surface area (Å²) in [6.07, 6.45) is 3.50. The van der Waals surface area contributed by atoms with Gasteiger partial charge in [0.15, 0.2) is 0 Å². The maximum absolute atomic E-state index is 5.59. The van der Waals surface area contributed by atoms with Crippen molar-refractivity contribution in [1.82, 2.24) is 4.90 Å². The molecule has 0 fully saturated rings. The predicted octanol–water partition coefficient (Wildman–Crippen LogP) is 2.43. The summed E-state index contributed by atoms with van der Waals surface area (Å²) in [5, 5.41) is 0. The fourth-order valence-corrected chi connectivity index (χ4v) is 2.61. The minimum absolute atomic E-state index is 0.635. The van der Waals surface area contributed by atoms with E-state index in [1.54, 1.807) is 23.9 Å². The van der Waals surface area contributed by atoms with Crippen molar-refractivity contribution in [2.45, 2.75) is 19.6 Å². The maximum Gasteiger partial charge on any atom is 0.0947 e. The number of furan rings is 1. The van der Waals surface area contributed by atoms with Crippen LogP contribution in [-0.2, 0) is 19.6 Å². The highest BCUT2D eigenvalue weighted by Gasteiger charge is 2.04. The minimum atomic E-state index is 0.635. The van der Waals surface area contributed by atoms with E-state index in [2.05, 4.69) is 24.1 Å². The first-order chi connectivity index (χ1) is 7.78. The summed E-state index contributed by atoms with van der Waals surface area (Å²) in [6.45, 7) is 2.50. The Morgan fingerprint density at radius 3 is 2.69 bits per heavy atom. The molecule has 2 aromatic heterocycles. The largest absolute Gasteiger partial charge is 0.472 e. The van der Waals surface area contributed by atoms with Crippen LogP contribution in [0.5, 0.6) is 0 Å². The summed E-state index contributed by atoms with van der Waals surface area (Å²) in [5.74, 6) is 0. The van der Waals surface area contributed by atoms with Gasteiger partial charge >= 0.3 is 0 Å². The molecule has 0 aliphatic heterocycles. The highest BCUT2D eigenvalue weighted by Crippen LogP contribution is 2.18. The van der Waals surface area contributed by atoms with Gasteiger partial charge in [0, 0.05) is 35.0 Å². The van der Waals surface area contributed by atoms with Crippen LogP contribution in [0.25, 0.3) is 0 Å². The third kappa shape index (κ3) is 2.95. The third-order valence-corrected chi connectivity index (χ3v) is 3.47.